The molecule has 0 aliphatic carbocycles. The van der Waals surface area contributed by atoms with Crippen LogP contribution in [0, 0.1) is 10.1 Å². The molecule has 0 radical (unpaired) electrons. The molecule has 0 saturated carbocycles. The van der Waals surface area contributed by atoms with E-state index >= 15 is 0 Å². The second-order valence-electron chi connectivity index (χ2n) is 4.71. The topological polar surface area (TPSA) is 90.4 Å². The molecule has 8 heteroatoms. The summed E-state index contributed by atoms with van der Waals surface area (Å²) in [6.45, 7) is 0. The summed E-state index contributed by atoms with van der Waals surface area (Å²) in [5.41, 5.74) is -0.321. The Morgan fingerprint density at radius 3 is 1.90 bits per heavy atom. The van der Waals surface area contributed by atoms with Crippen LogP contribution in [0.25, 0.3) is 11.0 Å². The molecule has 8 nitrogen and oxygen atoms in total. The Labute approximate surface area is 113 Å². The van der Waals surface area contributed by atoms with Crippen LogP contribution in [-0.2, 0) is 14.1 Å². The van der Waals surface area contributed by atoms with Crippen LogP contribution in [-0.4, -0.2) is 28.2 Å². The van der Waals surface area contributed by atoms with Crippen molar-refractivity contribution in [3.8, 4) is 0 Å². The lowest BCUT2D eigenvalue weighted by Gasteiger charge is -2.15. The average molecular weight is 278 g/mol. The third kappa shape index (κ3) is 1.85. The lowest BCUT2D eigenvalue weighted by molar-refractivity contribution is -0.384. The van der Waals surface area contributed by atoms with Gasteiger partial charge in [0.25, 0.3) is 5.69 Å². The molecular weight excluding hydrogens is 264 g/mol. The van der Waals surface area contributed by atoms with Gasteiger partial charge in [-0.25, -0.2) is 0 Å². The van der Waals surface area contributed by atoms with E-state index in [2.05, 4.69) is 0 Å². The van der Waals surface area contributed by atoms with Gasteiger partial charge in [0.05, 0.1) is 16.0 Å². The molecule has 0 unspecified atom stereocenters. The second-order valence-corrected chi connectivity index (χ2v) is 4.71. The quantitative estimate of drug-likeness (QED) is 0.445. The molecular formula is C12H14N4O4. The Kier molecular flexibility index (Phi) is 3.09. The number of aromatic nitrogens is 2. The van der Waals surface area contributed by atoms with Gasteiger partial charge in [0.1, 0.15) is 5.69 Å². The van der Waals surface area contributed by atoms with E-state index in [4.69, 9.17) is 0 Å². The Morgan fingerprint density at radius 2 is 1.50 bits per heavy atom. The van der Waals surface area contributed by atoms with E-state index in [0.717, 1.165) is 4.57 Å². The fourth-order valence-corrected chi connectivity index (χ4v) is 2.10. The summed E-state index contributed by atoms with van der Waals surface area (Å²) in [4.78, 5) is 35.8. The molecule has 0 amide bonds. The Bertz CT molecular complexity index is 832. The number of anilines is 1. The van der Waals surface area contributed by atoms with Gasteiger partial charge in [0.2, 0.25) is 0 Å². The van der Waals surface area contributed by atoms with Gasteiger partial charge in [0, 0.05) is 34.3 Å². The van der Waals surface area contributed by atoms with Crippen LogP contribution in [0.15, 0.2) is 21.7 Å². The first kappa shape index (κ1) is 13.8. The molecule has 106 valence electrons. The van der Waals surface area contributed by atoms with Gasteiger partial charge in [-0.1, -0.05) is 0 Å². The second kappa shape index (κ2) is 4.48. The van der Waals surface area contributed by atoms with E-state index in [-0.39, 0.29) is 5.69 Å². The molecule has 1 aromatic carbocycles. The third-order valence-corrected chi connectivity index (χ3v) is 3.27. The lowest BCUT2D eigenvalue weighted by Crippen LogP contribution is -2.39. The van der Waals surface area contributed by atoms with Gasteiger partial charge in [-0.15, -0.1) is 0 Å². The van der Waals surface area contributed by atoms with E-state index in [1.54, 1.807) is 19.0 Å². The molecule has 20 heavy (non-hydrogen) atoms. The van der Waals surface area contributed by atoms with E-state index in [9.17, 15) is 19.7 Å². The zero-order valence-corrected chi connectivity index (χ0v) is 11.6. The van der Waals surface area contributed by atoms with Crippen molar-refractivity contribution in [3.63, 3.8) is 0 Å². The summed E-state index contributed by atoms with van der Waals surface area (Å²) >= 11 is 0. The summed E-state index contributed by atoms with van der Waals surface area (Å²) in [6.07, 6.45) is 0. The number of nitro benzene ring substituents is 1. The molecule has 1 aromatic heterocycles. The maximum atomic E-state index is 11.8. The standard InChI is InChI=1S/C12H14N4O4/c1-13(2)7-5-8-9(6-10(7)16(19)20)15(4)12(18)11(17)14(8)3/h5-6H,1-4H3. The normalized spacial score (nSPS) is 10.8. The summed E-state index contributed by atoms with van der Waals surface area (Å²) in [5, 5.41) is 11.1. The van der Waals surface area contributed by atoms with Crippen LogP contribution in [0.2, 0.25) is 0 Å². The molecule has 0 saturated heterocycles. The first-order valence-electron chi connectivity index (χ1n) is 5.81. The number of nitro groups is 1. The molecule has 0 atom stereocenters. The summed E-state index contributed by atoms with van der Waals surface area (Å²) in [7, 11) is 6.24. The minimum absolute atomic E-state index is 0.115. The van der Waals surface area contributed by atoms with Crippen molar-refractivity contribution in [2.45, 2.75) is 0 Å². The summed E-state index contributed by atoms with van der Waals surface area (Å²) < 4.78 is 2.33. The molecule has 0 aliphatic heterocycles. The van der Waals surface area contributed by atoms with Crippen LogP contribution >= 0.6 is 0 Å². The molecule has 1 heterocycles. The first-order valence-corrected chi connectivity index (χ1v) is 5.81. The largest absolute Gasteiger partial charge is 0.372 e. The maximum absolute atomic E-state index is 11.8. The van der Waals surface area contributed by atoms with Crippen molar-refractivity contribution < 1.29 is 4.92 Å². The van der Waals surface area contributed by atoms with Gasteiger partial charge in [0.15, 0.2) is 0 Å². The minimum Gasteiger partial charge on any atom is -0.372 e. The smallest absolute Gasteiger partial charge is 0.316 e. The average Bonchev–Trinajstić information content (AvgIpc) is 2.41. The van der Waals surface area contributed by atoms with Crippen LogP contribution in [0.1, 0.15) is 0 Å². The van der Waals surface area contributed by atoms with E-state index < -0.39 is 16.0 Å². The Hall–Kier alpha value is -2.64. The van der Waals surface area contributed by atoms with Gasteiger partial charge in [-0.05, 0) is 6.07 Å². The van der Waals surface area contributed by atoms with Crippen LogP contribution in [0.5, 0.6) is 0 Å². The highest BCUT2D eigenvalue weighted by atomic mass is 16.6. The zero-order chi connectivity index (χ0) is 15.2. The van der Waals surface area contributed by atoms with Crippen molar-refractivity contribution in [3.05, 3.63) is 43.0 Å². The van der Waals surface area contributed by atoms with E-state index in [1.807, 2.05) is 0 Å². The molecule has 0 N–H and O–H groups in total. The maximum Gasteiger partial charge on any atom is 0.316 e. The van der Waals surface area contributed by atoms with Gasteiger partial charge in [-0.3, -0.25) is 19.7 Å². The highest BCUT2D eigenvalue weighted by molar-refractivity contribution is 5.85. The number of nitrogens with zero attached hydrogens (tertiary/aromatic N) is 4. The van der Waals surface area contributed by atoms with Crippen molar-refractivity contribution in [1.82, 2.24) is 9.13 Å². The van der Waals surface area contributed by atoms with Crippen molar-refractivity contribution >= 4 is 22.4 Å². The van der Waals surface area contributed by atoms with E-state index in [0.29, 0.717) is 16.7 Å². The highest BCUT2D eigenvalue weighted by Gasteiger charge is 2.20. The molecule has 0 bridgehead atoms. The number of benzene rings is 1. The number of hydrogen-bond acceptors (Lipinski definition) is 5. The number of rotatable bonds is 2. The predicted octanol–water partition coefficient (Wildman–Crippen LogP) is 0.211. The fourth-order valence-electron chi connectivity index (χ4n) is 2.10. The van der Waals surface area contributed by atoms with Gasteiger partial charge >= 0.3 is 11.1 Å². The minimum atomic E-state index is -0.716. The van der Waals surface area contributed by atoms with Crippen LogP contribution in [0.3, 0.4) is 0 Å². The summed E-state index contributed by atoms with van der Waals surface area (Å²) in [5.74, 6) is 0. The SMILES string of the molecule is CN(C)c1cc2c(cc1[N+](=O)[O-])n(C)c(=O)c(=O)n2C. The molecule has 0 spiro atoms. The van der Waals surface area contributed by atoms with Gasteiger partial charge in [-0.2, -0.15) is 0 Å². The highest BCUT2D eigenvalue weighted by Crippen LogP contribution is 2.30. The predicted molar refractivity (Wildman–Crippen MR) is 75.4 cm³/mol. The molecule has 0 fully saturated rings. The van der Waals surface area contributed by atoms with Crippen LogP contribution in [0.4, 0.5) is 11.4 Å². The summed E-state index contributed by atoms with van der Waals surface area (Å²) in [6, 6.07) is 2.85. The molecule has 2 rings (SSSR count). The zero-order valence-electron chi connectivity index (χ0n) is 11.6. The molecule has 2 aromatic rings. The lowest BCUT2D eigenvalue weighted by atomic mass is 10.2. The number of fused-ring (bicyclic) bond motifs is 1. The molecule has 0 aliphatic rings. The van der Waals surface area contributed by atoms with E-state index in [1.165, 1.54) is 30.8 Å². The van der Waals surface area contributed by atoms with Crippen molar-refractivity contribution in [1.29, 1.82) is 0 Å². The Balaban J connectivity index is 3.07. The third-order valence-electron chi connectivity index (χ3n) is 3.27. The van der Waals surface area contributed by atoms with Crippen molar-refractivity contribution in [2.75, 3.05) is 19.0 Å². The van der Waals surface area contributed by atoms with Crippen molar-refractivity contribution in [2.24, 2.45) is 14.1 Å². The number of hydrogen-bond donors (Lipinski definition) is 0. The van der Waals surface area contributed by atoms with Gasteiger partial charge < -0.3 is 14.0 Å². The monoisotopic (exact) mass is 278 g/mol. The number of aryl methyl sites for hydroxylation is 2. The first-order chi connectivity index (χ1) is 9.25. The Morgan fingerprint density at radius 1 is 1.05 bits per heavy atom. The van der Waals surface area contributed by atoms with Crippen LogP contribution < -0.4 is 16.0 Å². The fraction of sp³-hybridized carbons (Fsp3) is 0.333.